The lowest BCUT2D eigenvalue weighted by Gasteiger charge is -2.07. The average molecular weight is 264 g/mol. The summed E-state index contributed by atoms with van der Waals surface area (Å²) in [5, 5.41) is 11.8. The lowest BCUT2D eigenvalue weighted by molar-refractivity contribution is 0.102. The summed E-state index contributed by atoms with van der Waals surface area (Å²) in [6.45, 7) is 0. The maximum absolute atomic E-state index is 13.0. The molecular formula is C13H10F2N2O2. The number of rotatable bonds is 2. The van der Waals surface area contributed by atoms with E-state index in [-0.39, 0.29) is 22.7 Å². The Balaban J connectivity index is 2.20. The van der Waals surface area contributed by atoms with Crippen LogP contribution in [-0.2, 0) is 0 Å². The first-order valence-electron chi connectivity index (χ1n) is 5.32. The number of phenolic OH excluding ortho intramolecular Hbond substituents is 1. The molecule has 1 amide bonds. The molecule has 2 aromatic rings. The van der Waals surface area contributed by atoms with E-state index in [2.05, 4.69) is 5.32 Å². The first kappa shape index (κ1) is 12.8. The van der Waals surface area contributed by atoms with Crippen LogP contribution in [0.2, 0.25) is 0 Å². The molecule has 4 nitrogen and oxygen atoms in total. The monoisotopic (exact) mass is 264 g/mol. The van der Waals surface area contributed by atoms with Crippen LogP contribution in [-0.4, -0.2) is 11.0 Å². The summed E-state index contributed by atoms with van der Waals surface area (Å²) in [6, 6.07) is 6.97. The van der Waals surface area contributed by atoms with E-state index in [0.717, 1.165) is 12.1 Å². The molecule has 0 unspecified atom stereocenters. The number of aromatic hydroxyl groups is 1. The number of phenols is 1. The van der Waals surface area contributed by atoms with Gasteiger partial charge in [-0.2, -0.15) is 0 Å². The van der Waals surface area contributed by atoms with Crippen LogP contribution in [0.1, 0.15) is 10.4 Å². The van der Waals surface area contributed by atoms with Gasteiger partial charge in [-0.25, -0.2) is 8.78 Å². The maximum Gasteiger partial charge on any atom is 0.255 e. The molecule has 0 fully saturated rings. The second kappa shape index (κ2) is 4.93. The second-order valence-electron chi connectivity index (χ2n) is 3.86. The third-order valence-electron chi connectivity index (χ3n) is 2.47. The van der Waals surface area contributed by atoms with Crippen molar-refractivity contribution in [3.63, 3.8) is 0 Å². The largest absolute Gasteiger partial charge is 0.506 e. The van der Waals surface area contributed by atoms with Gasteiger partial charge in [-0.1, -0.05) is 0 Å². The van der Waals surface area contributed by atoms with Crippen molar-refractivity contribution < 1.29 is 18.7 Å². The molecule has 0 heterocycles. The molecule has 0 spiro atoms. The molecule has 2 aromatic carbocycles. The van der Waals surface area contributed by atoms with Crippen LogP contribution in [0.3, 0.4) is 0 Å². The third kappa shape index (κ3) is 2.79. The van der Waals surface area contributed by atoms with E-state index in [0.29, 0.717) is 0 Å². The van der Waals surface area contributed by atoms with Crippen LogP contribution in [0.4, 0.5) is 20.2 Å². The fourth-order valence-electron chi connectivity index (χ4n) is 1.46. The van der Waals surface area contributed by atoms with E-state index in [1.54, 1.807) is 0 Å². The lowest BCUT2D eigenvalue weighted by Crippen LogP contribution is -2.12. The molecule has 19 heavy (non-hydrogen) atoms. The van der Waals surface area contributed by atoms with Crippen molar-refractivity contribution in [2.75, 3.05) is 11.1 Å². The number of nitrogens with two attached hydrogens (primary N) is 1. The number of hydrogen-bond donors (Lipinski definition) is 3. The number of carbonyl (C=O) groups excluding carboxylic acids is 1. The highest BCUT2D eigenvalue weighted by atomic mass is 19.2. The Labute approximate surface area is 107 Å². The van der Waals surface area contributed by atoms with Crippen molar-refractivity contribution >= 4 is 17.3 Å². The summed E-state index contributed by atoms with van der Waals surface area (Å²) in [7, 11) is 0. The Hall–Kier alpha value is -2.63. The first-order valence-corrected chi connectivity index (χ1v) is 5.32. The Morgan fingerprint density at radius 2 is 1.84 bits per heavy atom. The number of benzene rings is 2. The summed E-state index contributed by atoms with van der Waals surface area (Å²) < 4.78 is 25.7. The number of carbonyl (C=O) groups is 1. The van der Waals surface area contributed by atoms with Crippen molar-refractivity contribution in [3.05, 3.63) is 53.6 Å². The summed E-state index contributed by atoms with van der Waals surface area (Å²) in [6.07, 6.45) is 0. The van der Waals surface area contributed by atoms with E-state index >= 15 is 0 Å². The van der Waals surface area contributed by atoms with Gasteiger partial charge >= 0.3 is 0 Å². The van der Waals surface area contributed by atoms with Crippen molar-refractivity contribution in [1.29, 1.82) is 0 Å². The third-order valence-corrected chi connectivity index (χ3v) is 2.47. The van der Waals surface area contributed by atoms with Gasteiger partial charge in [0.2, 0.25) is 0 Å². The zero-order valence-electron chi connectivity index (χ0n) is 9.65. The Bertz CT molecular complexity index is 645. The van der Waals surface area contributed by atoms with Crippen molar-refractivity contribution in [3.8, 4) is 5.75 Å². The highest BCUT2D eigenvalue weighted by Crippen LogP contribution is 2.21. The second-order valence-corrected chi connectivity index (χ2v) is 3.86. The predicted octanol–water partition coefficient (Wildman–Crippen LogP) is 2.50. The summed E-state index contributed by atoms with van der Waals surface area (Å²) >= 11 is 0. The molecule has 0 bridgehead atoms. The van der Waals surface area contributed by atoms with Crippen LogP contribution in [0.25, 0.3) is 0 Å². The molecule has 0 radical (unpaired) electrons. The van der Waals surface area contributed by atoms with Gasteiger partial charge in [-0.05, 0) is 30.3 Å². The van der Waals surface area contributed by atoms with E-state index in [1.807, 2.05) is 0 Å². The average Bonchev–Trinajstić information content (AvgIpc) is 2.37. The van der Waals surface area contributed by atoms with E-state index < -0.39 is 17.5 Å². The SMILES string of the molecule is Nc1ccc(C(=O)Nc2ccc(F)c(F)c2)cc1O. The molecule has 2 rings (SSSR count). The lowest BCUT2D eigenvalue weighted by atomic mass is 10.1. The van der Waals surface area contributed by atoms with Gasteiger partial charge in [-0.3, -0.25) is 4.79 Å². The maximum atomic E-state index is 13.0. The van der Waals surface area contributed by atoms with E-state index in [1.165, 1.54) is 24.3 Å². The van der Waals surface area contributed by atoms with Gasteiger partial charge in [0.15, 0.2) is 11.6 Å². The molecule has 4 N–H and O–H groups in total. The van der Waals surface area contributed by atoms with Gasteiger partial charge in [0.25, 0.3) is 5.91 Å². The van der Waals surface area contributed by atoms with Crippen molar-refractivity contribution in [2.45, 2.75) is 0 Å². The number of nitrogens with one attached hydrogen (secondary N) is 1. The van der Waals surface area contributed by atoms with Gasteiger partial charge in [0.05, 0.1) is 5.69 Å². The molecular weight excluding hydrogens is 254 g/mol. The zero-order chi connectivity index (χ0) is 14.0. The number of halogens is 2. The predicted molar refractivity (Wildman–Crippen MR) is 66.8 cm³/mol. The minimum atomic E-state index is -1.06. The number of amides is 1. The van der Waals surface area contributed by atoms with Gasteiger partial charge in [0.1, 0.15) is 5.75 Å². The summed E-state index contributed by atoms with van der Waals surface area (Å²) in [5.74, 6) is -2.85. The molecule has 0 aromatic heterocycles. The van der Waals surface area contributed by atoms with E-state index in [9.17, 15) is 18.7 Å². The van der Waals surface area contributed by atoms with Gasteiger partial charge in [0, 0.05) is 17.3 Å². The highest BCUT2D eigenvalue weighted by Gasteiger charge is 2.10. The zero-order valence-corrected chi connectivity index (χ0v) is 9.65. The Morgan fingerprint density at radius 1 is 1.11 bits per heavy atom. The number of nitrogen functional groups attached to an aromatic ring is 1. The normalized spacial score (nSPS) is 10.2. The van der Waals surface area contributed by atoms with Crippen molar-refractivity contribution in [1.82, 2.24) is 0 Å². The Kier molecular flexibility index (Phi) is 3.33. The van der Waals surface area contributed by atoms with Crippen LogP contribution in [0, 0.1) is 11.6 Å². The fraction of sp³-hybridized carbons (Fsp3) is 0. The molecule has 0 saturated heterocycles. The summed E-state index contributed by atoms with van der Waals surface area (Å²) in [5.41, 5.74) is 5.81. The van der Waals surface area contributed by atoms with E-state index in [4.69, 9.17) is 5.73 Å². The highest BCUT2D eigenvalue weighted by molar-refractivity contribution is 6.04. The fourth-order valence-corrected chi connectivity index (χ4v) is 1.46. The molecule has 98 valence electrons. The molecule has 0 aliphatic rings. The molecule has 0 saturated carbocycles. The van der Waals surface area contributed by atoms with Crippen LogP contribution < -0.4 is 11.1 Å². The van der Waals surface area contributed by atoms with Crippen LogP contribution in [0.5, 0.6) is 5.75 Å². The van der Waals surface area contributed by atoms with Crippen molar-refractivity contribution in [2.24, 2.45) is 0 Å². The quantitative estimate of drug-likeness (QED) is 0.576. The first-order chi connectivity index (χ1) is 8.97. The van der Waals surface area contributed by atoms with Gasteiger partial charge < -0.3 is 16.2 Å². The molecule has 0 atom stereocenters. The standard InChI is InChI=1S/C13H10F2N2O2/c14-9-3-2-8(6-10(9)15)17-13(19)7-1-4-11(16)12(18)5-7/h1-6,18H,16H2,(H,17,19). The minimum Gasteiger partial charge on any atom is -0.506 e. The smallest absolute Gasteiger partial charge is 0.255 e. The van der Waals surface area contributed by atoms with Crippen LogP contribution in [0.15, 0.2) is 36.4 Å². The Morgan fingerprint density at radius 3 is 2.47 bits per heavy atom. The summed E-state index contributed by atoms with van der Waals surface area (Å²) in [4.78, 5) is 11.8. The van der Waals surface area contributed by atoms with Crippen LogP contribution >= 0.6 is 0 Å². The number of anilines is 2. The molecule has 0 aliphatic carbocycles. The molecule has 6 heteroatoms. The minimum absolute atomic E-state index is 0.111. The molecule has 0 aliphatic heterocycles. The number of hydrogen-bond acceptors (Lipinski definition) is 3. The van der Waals surface area contributed by atoms with Gasteiger partial charge in [-0.15, -0.1) is 0 Å². The topological polar surface area (TPSA) is 75.4 Å².